The first-order chi connectivity index (χ1) is 13.3. The average molecular weight is 399 g/mol. The summed E-state index contributed by atoms with van der Waals surface area (Å²) in [5, 5.41) is 17.8. The molecule has 1 aliphatic rings. The van der Waals surface area contributed by atoms with Crippen molar-refractivity contribution in [3.63, 3.8) is 0 Å². The molecule has 0 spiro atoms. The van der Waals surface area contributed by atoms with Gasteiger partial charge < -0.3 is 10.4 Å². The largest absolute Gasteiger partial charge is 0.389 e. The molecule has 4 rings (SSSR count). The Morgan fingerprint density at radius 2 is 2.04 bits per heavy atom. The van der Waals surface area contributed by atoms with Crippen molar-refractivity contribution in [1.29, 1.82) is 0 Å². The Balaban J connectivity index is 1.63. The van der Waals surface area contributed by atoms with Gasteiger partial charge in [0.05, 0.1) is 23.2 Å². The number of fused-ring (bicyclic) bond motifs is 1. The van der Waals surface area contributed by atoms with Crippen LogP contribution < -0.4 is 5.32 Å². The molecule has 0 aliphatic heterocycles. The number of nitrogens with one attached hydrogen (secondary N) is 1. The SMILES string of the molecule is CC(C)(O)CNc1cc(Cl)nn2c(-c3ccc(C(=O)CC4CC4)cc3)cnc12. The standard InChI is InChI=1S/C21H23ClN4O2/c1-21(2,28)12-24-16-10-19(22)25-26-17(11-23-20(16)26)14-5-7-15(8-6-14)18(27)9-13-3-4-13/h5-8,10-11,13,24,28H,3-4,9,12H2,1-2H3. The Bertz CT molecular complexity index is 1020. The van der Waals surface area contributed by atoms with Gasteiger partial charge in [-0.3, -0.25) is 4.79 Å². The molecule has 0 unspecified atom stereocenters. The Morgan fingerprint density at radius 1 is 1.32 bits per heavy atom. The lowest BCUT2D eigenvalue weighted by Gasteiger charge is -2.18. The fourth-order valence-electron chi connectivity index (χ4n) is 3.11. The molecule has 1 saturated carbocycles. The topological polar surface area (TPSA) is 79.5 Å². The molecule has 0 atom stereocenters. The van der Waals surface area contributed by atoms with Crippen LogP contribution in [0, 0.1) is 5.92 Å². The number of rotatable bonds is 7. The van der Waals surface area contributed by atoms with E-state index in [0.717, 1.165) is 16.8 Å². The highest BCUT2D eigenvalue weighted by molar-refractivity contribution is 6.29. The number of imidazole rings is 1. The summed E-state index contributed by atoms with van der Waals surface area (Å²) in [5.41, 5.74) is 2.87. The molecule has 1 aliphatic carbocycles. The molecule has 146 valence electrons. The Kier molecular flexibility index (Phi) is 4.85. The van der Waals surface area contributed by atoms with Crippen molar-refractivity contribution in [2.45, 2.75) is 38.7 Å². The molecule has 6 nitrogen and oxygen atoms in total. The van der Waals surface area contributed by atoms with E-state index in [2.05, 4.69) is 15.4 Å². The summed E-state index contributed by atoms with van der Waals surface area (Å²) in [4.78, 5) is 16.7. The maximum Gasteiger partial charge on any atom is 0.177 e. The molecular weight excluding hydrogens is 376 g/mol. The molecule has 28 heavy (non-hydrogen) atoms. The summed E-state index contributed by atoms with van der Waals surface area (Å²) in [7, 11) is 0. The van der Waals surface area contributed by atoms with Crippen LogP contribution in [0.25, 0.3) is 16.9 Å². The Hall–Kier alpha value is -2.44. The van der Waals surface area contributed by atoms with Crippen LogP contribution in [-0.4, -0.2) is 37.6 Å². The fourth-order valence-corrected chi connectivity index (χ4v) is 3.29. The van der Waals surface area contributed by atoms with E-state index in [1.54, 1.807) is 30.6 Å². The van der Waals surface area contributed by atoms with E-state index in [9.17, 15) is 9.90 Å². The zero-order chi connectivity index (χ0) is 19.9. The van der Waals surface area contributed by atoms with Crippen molar-refractivity contribution < 1.29 is 9.90 Å². The van der Waals surface area contributed by atoms with Gasteiger partial charge in [0.2, 0.25) is 0 Å². The van der Waals surface area contributed by atoms with Crippen molar-refractivity contribution in [2.75, 3.05) is 11.9 Å². The zero-order valence-electron chi connectivity index (χ0n) is 15.9. The number of Topliss-reactive ketones (excluding diaryl/α,β-unsaturated/α-hetero) is 1. The highest BCUT2D eigenvalue weighted by atomic mass is 35.5. The number of halogens is 1. The summed E-state index contributed by atoms with van der Waals surface area (Å²) in [6.45, 7) is 3.80. The van der Waals surface area contributed by atoms with E-state index in [1.165, 1.54) is 12.8 Å². The van der Waals surface area contributed by atoms with E-state index in [0.29, 0.717) is 35.4 Å². The summed E-state index contributed by atoms with van der Waals surface area (Å²) in [6.07, 6.45) is 4.71. The van der Waals surface area contributed by atoms with Crippen LogP contribution in [-0.2, 0) is 0 Å². The number of benzene rings is 1. The maximum atomic E-state index is 12.3. The van der Waals surface area contributed by atoms with E-state index >= 15 is 0 Å². The average Bonchev–Trinajstić information content (AvgIpc) is 3.35. The minimum atomic E-state index is -0.870. The molecule has 7 heteroatoms. The molecule has 0 amide bonds. The molecule has 2 heterocycles. The van der Waals surface area contributed by atoms with Crippen LogP contribution in [0.3, 0.4) is 0 Å². The second kappa shape index (κ2) is 7.18. The minimum absolute atomic E-state index is 0.200. The predicted molar refractivity (Wildman–Crippen MR) is 110 cm³/mol. The predicted octanol–water partition coefficient (Wildman–Crippen LogP) is 4.22. The van der Waals surface area contributed by atoms with Gasteiger partial charge in [0.1, 0.15) is 0 Å². The van der Waals surface area contributed by atoms with Crippen molar-refractivity contribution in [3.8, 4) is 11.3 Å². The number of carbonyl (C=O) groups is 1. The lowest BCUT2D eigenvalue weighted by atomic mass is 10.0. The number of aliphatic hydroxyl groups is 1. The van der Waals surface area contributed by atoms with Crippen molar-refractivity contribution in [2.24, 2.45) is 5.92 Å². The summed E-state index contributed by atoms with van der Waals surface area (Å²) in [6, 6.07) is 9.24. The fraction of sp³-hybridized carbons (Fsp3) is 0.381. The van der Waals surface area contributed by atoms with Crippen LogP contribution in [0.1, 0.15) is 43.5 Å². The highest BCUT2D eigenvalue weighted by Gasteiger charge is 2.25. The van der Waals surface area contributed by atoms with Crippen LogP contribution >= 0.6 is 11.6 Å². The molecule has 0 bridgehead atoms. The van der Waals surface area contributed by atoms with E-state index in [-0.39, 0.29) is 5.78 Å². The second-order valence-corrected chi connectivity index (χ2v) is 8.46. The summed E-state index contributed by atoms with van der Waals surface area (Å²) in [5.74, 6) is 0.776. The van der Waals surface area contributed by atoms with Gasteiger partial charge in [-0.2, -0.15) is 5.10 Å². The van der Waals surface area contributed by atoms with Gasteiger partial charge in [-0.1, -0.05) is 35.9 Å². The number of carbonyl (C=O) groups excluding carboxylic acids is 1. The molecule has 0 radical (unpaired) electrons. The minimum Gasteiger partial charge on any atom is -0.389 e. The number of hydrogen-bond donors (Lipinski definition) is 2. The molecular formula is C21H23ClN4O2. The summed E-state index contributed by atoms with van der Waals surface area (Å²) < 4.78 is 1.68. The van der Waals surface area contributed by atoms with Gasteiger partial charge in [-0.15, -0.1) is 0 Å². The van der Waals surface area contributed by atoms with Crippen molar-refractivity contribution in [1.82, 2.24) is 14.6 Å². The van der Waals surface area contributed by atoms with Gasteiger partial charge in [-0.25, -0.2) is 9.50 Å². The van der Waals surface area contributed by atoms with E-state index in [1.807, 2.05) is 24.3 Å². The van der Waals surface area contributed by atoms with Gasteiger partial charge in [-0.05, 0) is 32.6 Å². The monoisotopic (exact) mass is 398 g/mol. The second-order valence-electron chi connectivity index (χ2n) is 8.07. The Morgan fingerprint density at radius 3 is 2.68 bits per heavy atom. The molecule has 2 N–H and O–H groups in total. The third-order valence-corrected chi connectivity index (χ3v) is 5.01. The number of ketones is 1. The van der Waals surface area contributed by atoms with Crippen LogP contribution in [0.5, 0.6) is 0 Å². The molecule has 1 fully saturated rings. The van der Waals surface area contributed by atoms with Gasteiger partial charge in [0.15, 0.2) is 16.6 Å². The summed E-state index contributed by atoms with van der Waals surface area (Å²) >= 11 is 6.20. The first-order valence-electron chi connectivity index (χ1n) is 9.44. The highest BCUT2D eigenvalue weighted by Crippen LogP contribution is 2.34. The molecule has 0 saturated heterocycles. The van der Waals surface area contributed by atoms with Gasteiger partial charge in [0, 0.05) is 30.2 Å². The lowest BCUT2D eigenvalue weighted by molar-refractivity contribution is 0.0944. The van der Waals surface area contributed by atoms with Crippen molar-refractivity contribution in [3.05, 3.63) is 47.2 Å². The molecule has 2 aromatic heterocycles. The van der Waals surface area contributed by atoms with Crippen LogP contribution in [0.4, 0.5) is 5.69 Å². The number of hydrogen-bond acceptors (Lipinski definition) is 5. The molecule has 1 aromatic carbocycles. The quantitative estimate of drug-likeness (QED) is 0.582. The van der Waals surface area contributed by atoms with E-state index in [4.69, 9.17) is 11.6 Å². The molecule has 3 aromatic rings. The number of anilines is 1. The maximum absolute atomic E-state index is 12.3. The number of nitrogens with zero attached hydrogens (tertiary/aromatic N) is 3. The van der Waals surface area contributed by atoms with Gasteiger partial charge in [0.25, 0.3) is 0 Å². The van der Waals surface area contributed by atoms with Gasteiger partial charge >= 0.3 is 0 Å². The third kappa shape index (κ3) is 4.18. The lowest BCUT2D eigenvalue weighted by Crippen LogP contribution is -2.29. The first kappa shape index (κ1) is 18.9. The first-order valence-corrected chi connectivity index (χ1v) is 9.82. The van der Waals surface area contributed by atoms with Crippen LogP contribution in [0.2, 0.25) is 5.15 Å². The smallest absolute Gasteiger partial charge is 0.177 e. The third-order valence-electron chi connectivity index (χ3n) is 4.82. The Labute approximate surface area is 168 Å². The normalized spacial score (nSPS) is 14.4. The van der Waals surface area contributed by atoms with E-state index < -0.39 is 5.60 Å². The number of aromatic nitrogens is 3. The van der Waals surface area contributed by atoms with Crippen molar-refractivity contribution >= 4 is 28.7 Å². The van der Waals surface area contributed by atoms with Crippen LogP contribution in [0.15, 0.2) is 36.5 Å². The zero-order valence-corrected chi connectivity index (χ0v) is 16.7.